The maximum absolute atomic E-state index is 11.4. The van der Waals surface area contributed by atoms with E-state index in [1.165, 1.54) is 32.7 Å². The van der Waals surface area contributed by atoms with Gasteiger partial charge in [0.2, 0.25) is 0 Å². The van der Waals surface area contributed by atoms with Crippen LogP contribution in [0.15, 0.2) is 84.9 Å². The Labute approximate surface area is 184 Å². The van der Waals surface area contributed by atoms with Crippen LogP contribution in [-0.4, -0.2) is 11.5 Å². The second kappa shape index (κ2) is 10.4. The molecule has 0 radical (unpaired) electrons. The van der Waals surface area contributed by atoms with Gasteiger partial charge in [-0.2, -0.15) is 12.6 Å². The van der Waals surface area contributed by atoms with E-state index in [1.807, 2.05) is 31.2 Å². The predicted molar refractivity (Wildman–Crippen MR) is 132 cm³/mol. The van der Waals surface area contributed by atoms with Gasteiger partial charge >= 0.3 is 0 Å². The Balaban J connectivity index is 0.000000177. The third-order valence-corrected chi connectivity index (χ3v) is 5.70. The van der Waals surface area contributed by atoms with E-state index in [1.54, 1.807) is 0 Å². The van der Waals surface area contributed by atoms with E-state index in [0.29, 0.717) is 12.2 Å². The number of nitrogens with two attached hydrogens (primary N) is 1. The van der Waals surface area contributed by atoms with Crippen molar-refractivity contribution in [3.8, 4) is 0 Å². The van der Waals surface area contributed by atoms with E-state index in [2.05, 4.69) is 80.2 Å². The van der Waals surface area contributed by atoms with Crippen molar-refractivity contribution in [2.45, 2.75) is 32.2 Å². The van der Waals surface area contributed by atoms with Crippen molar-refractivity contribution in [2.75, 3.05) is 5.75 Å². The summed E-state index contributed by atoms with van der Waals surface area (Å²) < 4.78 is 0. The van der Waals surface area contributed by atoms with Gasteiger partial charge in [0.05, 0.1) is 0 Å². The van der Waals surface area contributed by atoms with Crippen LogP contribution in [0.5, 0.6) is 0 Å². The zero-order valence-electron chi connectivity index (χ0n) is 17.6. The number of carbonyl (C=O) groups is 1. The summed E-state index contributed by atoms with van der Waals surface area (Å²) in [5.41, 5.74) is 8.22. The zero-order chi connectivity index (χ0) is 21.5. The van der Waals surface area contributed by atoms with E-state index >= 15 is 0 Å². The molecule has 4 rings (SSSR count). The number of Topliss-reactive ketones (excluding diaryl/α,β-unsaturated/α-hetero) is 1. The lowest BCUT2D eigenvalue weighted by molar-refractivity contribution is -0.116. The molecular formula is C27H29NOS. The Bertz CT molecular complexity index is 1140. The van der Waals surface area contributed by atoms with Crippen molar-refractivity contribution in [3.05, 3.63) is 96.1 Å². The van der Waals surface area contributed by atoms with Crippen LogP contribution >= 0.6 is 12.6 Å². The monoisotopic (exact) mass is 415 g/mol. The molecular weight excluding hydrogens is 386 g/mol. The van der Waals surface area contributed by atoms with Crippen molar-refractivity contribution in [3.63, 3.8) is 0 Å². The number of rotatable bonds is 5. The number of hydrogen-bond acceptors (Lipinski definition) is 3. The fourth-order valence-corrected chi connectivity index (χ4v) is 3.66. The molecule has 2 nitrogen and oxygen atoms in total. The van der Waals surface area contributed by atoms with Gasteiger partial charge in [-0.15, -0.1) is 0 Å². The highest BCUT2D eigenvalue weighted by atomic mass is 32.1. The summed E-state index contributed by atoms with van der Waals surface area (Å²) in [6.07, 6.45) is 0.571. The molecule has 0 fully saturated rings. The Morgan fingerprint density at radius 3 is 1.73 bits per heavy atom. The summed E-state index contributed by atoms with van der Waals surface area (Å²) in [5, 5.41) is 5.00. The molecule has 0 aliphatic heterocycles. The summed E-state index contributed by atoms with van der Waals surface area (Å²) >= 11 is 4.01. The van der Waals surface area contributed by atoms with Crippen molar-refractivity contribution in [2.24, 2.45) is 5.73 Å². The molecule has 0 unspecified atom stereocenters. The third kappa shape index (κ3) is 5.71. The summed E-state index contributed by atoms with van der Waals surface area (Å²) in [4.78, 5) is 11.4. The molecule has 0 saturated carbocycles. The Morgan fingerprint density at radius 2 is 1.23 bits per heavy atom. The van der Waals surface area contributed by atoms with Crippen molar-refractivity contribution in [1.29, 1.82) is 0 Å². The first-order valence-electron chi connectivity index (χ1n) is 10.3. The van der Waals surface area contributed by atoms with Crippen molar-refractivity contribution in [1.82, 2.24) is 0 Å². The van der Waals surface area contributed by atoms with Crippen LogP contribution in [0.25, 0.3) is 21.5 Å². The minimum Gasteiger partial charge on any atom is -0.324 e. The average molecular weight is 416 g/mol. The fraction of sp³-hybridized carbons (Fsp3) is 0.222. The molecule has 0 spiro atoms. The summed E-state index contributed by atoms with van der Waals surface area (Å²) in [5.74, 6) is 0.797. The standard InChI is InChI=1S/C15H16OS.C12H13N/c1-11(8-15(16)10-17)13-7-6-12-4-2-3-5-14(12)9-13;1-9(13)11-7-6-10-4-2-3-5-12(10)8-11/h2-7,9,11,17H,8,10H2,1H3;2-9H,13H2,1H3/t11-;9-/m01/s1. The molecule has 0 saturated heterocycles. The number of hydrogen-bond donors (Lipinski definition) is 2. The molecule has 3 heteroatoms. The predicted octanol–water partition coefficient (Wildman–Crippen LogP) is 6.69. The zero-order valence-corrected chi connectivity index (χ0v) is 18.5. The molecule has 154 valence electrons. The van der Waals surface area contributed by atoms with Crippen LogP contribution in [0, 0.1) is 0 Å². The maximum atomic E-state index is 11.4. The topological polar surface area (TPSA) is 43.1 Å². The smallest absolute Gasteiger partial charge is 0.143 e. The Hall–Kier alpha value is -2.62. The van der Waals surface area contributed by atoms with Gasteiger partial charge in [-0.1, -0.05) is 85.8 Å². The molecule has 2 N–H and O–H groups in total. The molecule has 4 aromatic carbocycles. The molecule has 2 atom stereocenters. The number of thiol groups is 1. The lowest BCUT2D eigenvalue weighted by Gasteiger charge is -2.11. The number of fused-ring (bicyclic) bond motifs is 2. The molecule has 0 aliphatic rings. The van der Waals surface area contributed by atoms with Crippen LogP contribution in [0.1, 0.15) is 43.4 Å². The quantitative estimate of drug-likeness (QED) is 0.357. The lowest BCUT2D eigenvalue weighted by Crippen LogP contribution is -2.05. The van der Waals surface area contributed by atoms with Gasteiger partial charge < -0.3 is 5.73 Å². The van der Waals surface area contributed by atoms with Gasteiger partial charge in [-0.25, -0.2) is 0 Å². The SMILES string of the molecule is C[C@@H](CC(=O)CS)c1ccc2ccccc2c1.C[C@@H](N)c1ccc2ccccc2c1. The van der Waals surface area contributed by atoms with Gasteiger partial charge in [0.15, 0.2) is 0 Å². The van der Waals surface area contributed by atoms with Crippen molar-refractivity contribution >= 4 is 40.0 Å². The molecule has 0 bridgehead atoms. The van der Waals surface area contributed by atoms with E-state index in [0.717, 1.165) is 0 Å². The number of benzene rings is 4. The average Bonchev–Trinajstić information content (AvgIpc) is 2.78. The van der Waals surface area contributed by atoms with Gasteiger partial charge in [-0.3, -0.25) is 4.79 Å². The van der Waals surface area contributed by atoms with Crippen LogP contribution in [0.2, 0.25) is 0 Å². The third-order valence-electron chi connectivity index (χ3n) is 5.35. The minimum absolute atomic E-state index is 0.115. The van der Waals surface area contributed by atoms with Gasteiger partial charge in [0.25, 0.3) is 0 Å². The minimum atomic E-state index is 0.115. The normalized spacial score (nSPS) is 12.8. The molecule has 0 aliphatic carbocycles. The van der Waals surface area contributed by atoms with Crippen molar-refractivity contribution < 1.29 is 4.79 Å². The fourth-order valence-electron chi connectivity index (χ4n) is 3.53. The Kier molecular flexibility index (Phi) is 7.67. The van der Waals surface area contributed by atoms with Gasteiger partial charge in [0.1, 0.15) is 5.78 Å². The van der Waals surface area contributed by atoms with Crippen LogP contribution in [0.4, 0.5) is 0 Å². The van der Waals surface area contributed by atoms with Crippen LogP contribution in [-0.2, 0) is 4.79 Å². The molecule has 4 aromatic rings. The van der Waals surface area contributed by atoms with E-state index in [4.69, 9.17) is 5.73 Å². The molecule has 0 aromatic heterocycles. The second-order valence-electron chi connectivity index (χ2n) is 7.80. The second-order valence-corrected chi connectivity index (χ2v) is 8.12. The number of ketones is 1. The first-order chi connectivity index (χ1) is 14.5. The largest absolute Gasteiger partial charge is 0.324 e. The van der Waals surface area contributed by atoms with Crippen LogP contribution in [0.3, 0.4) is 0 Å². The lowest BCUT2D eigenvalue weighted by atomic mass is 9.94. The Morgan fingerprint density at radius 1 is 0.767 bits per heavy atom. The summed E-state index contributed by atoms with van der Waals surface area (Å²) in [7, 11) is 0. The summed E-state index contributed by atoms with van der Waals surface area (Å²) in [6.45, 7) is 4.09. The molecule has 0 heterocycles. The van der Waals surface area contributed by atoms with Gasteiger partial charge in [0, 0.05) is 18.2 Å². The van der Waals surface area contributed by atoms with E-state index < -0.39 is 0 Å². The van der Waals surface area contributed by atoms with E-state index in [9.17, 15) is 4.79 Å². The van der Waals surface area contributed by atoms with Gasteiger partial charge in [-0.05, 0) is 51.6 Å². The maximum Gasteiger partial charge on any atom is 0.143 e. The highest BCUT2D eigenvalue weighted by Gasteiger charge is 2.10. The van der Waals surface area contributed by atoms with Crippen LogP contribution < -0.4 is 5.73 Å². The summed E-state index contributed by atoms with van der Waals surface area (Å²) in [6, 6.07) is 29.5. The first kappa shape index (κ1) is 22.1. The first-order valence-corrected chi connectivity index (χ1v) is 11.0. The molecule has 30 heavy (non-hydrogen) atoms. The van der Waals surface area contributed by atoms with E-state index in [-0.39, 0.29) is 17.7 Å². The highest BCUT2D eigenvalue weighted by molar-refractivity contribution is 7.81. The highest BCUT2D eigenvalue weighted by Crippen LogP contribution is 2.24. The number of carbonyl (C=O) groups excluding carboxylic acids is 1. The molecule has 0 amide bonds.